The monoisotopic (exact) mass is 780 g/mol. The van der Waals surface area contributed by atoms with Crippen LogP contribution < -0.4 is 0 Å². The molecule has 0 aromatic heterocycles. The molecule has 1 aliphatic carbocycles. The number of carbonyl (C=O) groups excluding carboxylic acids is 2. The van der Waals surface area contributed by atoms with Gasteiger partial charge in [-0.05, 0) is 37.5 Å². The summed E-state index contributed by atoms with van der Waals surface area (Å²) in [6, 6.07) is 0. The van der Waals surface area contributed by atoms with E-state index in [0.29, 0.717) is 38.5 Å². The van der Waals surface area contributed by atoms with Crippen LogP contribution in [0.4, 0.5) is 0 Å². The zero-order valence-electron chi connectivity index (χ0n) is 32.7. The first-order chi connectivity index (χ1) is 25.3. The molecule has 0 amide bonds. The molecule has 1 unspecified atom stereocenters. The van der Waals surface area contributed by atoms with E-state index in [9.17, 15) is 39.5 Å². The zero-order valence-corrected chi connectivity index (χ0v) is 33.6. The molecular weight excluding hydrogens is 707 g/mol. The van der Waals surface area contributed by atoms with Crippen molar-refractivity contribution < 1.29 is 63.1 Å². The SMILES string of the molecule is CCCCC[C@H](O)/C=C/[C@@H]1[C@@H](CCCCCCC(=O)O[C@H](COC(=O)CCCCCCCCCC(C)C)COP(=O)(O)OC[C@@H](O)CO)[C@@H](O)C[C@H]1O. The summed E-state index contributed by atoms with van der Waals surface area (Å²) in [6.07, 6.45) is 15.6. The first-order valence-corrected chi connectivity index (χ1v) is 21.8. The lowest BCUT2D eigenvalue weighted by atomic mass is 9.88. The second kappa shape index (κ2) is 29.8. The Hall–Kier alpha value is -1.41. The maximum absolute atomic E-state index is 12.7. The van der Waals surface area contributed by atoms with Crippen molar-refractivity contribution in [1.82, 2.24) is 0 Å². The van der Waals surface area contributed by atoms with E-state index in [1.54, 1.807) is 6.08 Å². The number of phosphoric ester groups is 1. The highest BCUT2D eigenvalue weighted by Gasteiger charge is 2.39. The molecule has 13 nitrogen and oxygen atoms in total. The Labute approximate surface area is 318 Å². The summed E-state index contributed by atoms with van der Waals surface area (Å²) < 4.78 is 32.6. The summed E-state index contributed by atoms with van der Waals surface area (Å²) in [6.45, 7) is 4.26. The van der Waals surface area contributed by atoms with E-state index in [0.717, 1.165) is 57.3 Å². The molecule has 0 aliphatic heterocycles. The van der Waals surface area contributed by atoms with Gasteiger partial charge in [-0.3, -0.25) is 18.6 Å². The van der Waals surface area contributed by atoms with Crippen LogP contribution in [0.15, 0.2) is 12.2 Å². The molecule has 312 valence electrons. The molecule has 0 aromatic rings. The topological polar surface area (TPSA) is 210 Å². The van der Waals surface area contributed by atoms with Crippen LogP contribution in [-0.2, 0) is 32.7 Å². The molecule has 8 atom stereocenters. The Morgan fingerprint density at radius 2 is 1.36 bits per heavy atom. The van der Waals surface area contributed by atoms with E-state index in [-0.39, 0.29) is 31.3 Å². The van der Waals surface area contributed by atoms with Gasteiger partial charge in [0.25, 0.3) is 0 Å². The molecular formula is C39H73O13P. The van der Waals surface area contributed by atoms with Gasteiger partial charge in [-0.15, -0.1) is 0 Å². The molecule has 0 aromatic carbocycles. The number of phosphoric acid groups is 1. The van der Waals surface area contributed by atoms with E-state index in [2.05, 4.69) is 25.3 Å². The smallest absolute Gasteiger partial charge is 0.462 e. The summed E-state index contributed by atoms with van der Waals surface area (Å²) in [5.74, 6) is -0.672. The fourth-order valence-electron chi connectivity index (χ4n) is 6.51. The number of esters is 2. The van der Waals surface area contributed by atoms with Crippen molar-refractivity contribution in [2.45, 2.75) is 180 Å². The second-order valence-corrected chi connectivity index (χ2v) is 16.6. The molecule has 0 radical (unpaired) electrons. The van der Waals surface area contributed by atoms with Crippen LogP contribution in [0.3, 0.4) is 0 Å². The van der Waals surface area contributed by atoms with E-state index in [4.69, 9.17) is 19.1 Å². The Morgan fingerprint density at radius 1 is 0.774 bits per heavy atom. The summed E-state index contributed by atoms with van der Waals surface area (Å²) in [7, 11) is -4.67. The minimum atomic E-state index is -4.67. The van der Waals surface area contributed by atoms with Crippen LogP contribution in [0, 0.1) is 17.8 Å². The van der Waals surface area contributed by atoms with Gasteiger partial charge in [0.05, 0.1) is 38.1 Å². The third-order valence-corrected chi connectivity index (χ3v) is 10.6. The standard InChI is InChI=1S/C39H73O13P/c1-4-5-13-19-31(41)23-24-35-34(36(43)25-37(35)44)20-15-11-12-17-22-39(46)52-33(29-51-53(47,48)50-27-32(42)26-40)28-49-38(45)21-16-10-8-6-7-9-14-18-30(2)3/h23-24,30-37,40-44H,4-22,25-29H2,1-3H3,(H,47,48)/b24-23+/t31-,32-,33+,34+,35+,36-,37+/m0/s1. The van der Waals surface area contributed by atoms with E-state index >= 15 is 0 Å². The normalized spacial score (nSPS) is 21.8. The predicted octanol–water partition coefficient (Wildman–Crippen LogP) is 6.29. The van der Waals surface area contributed by atoms with Gasteiger partial charge in [-0.25, -0.2) is 4.57 Å². The fourth-order valence-corrected chi connectivity index (χ4v) is 7.30. The van der Waals surface area contributed by atoms with Crippen molar-refractivity contribution in [2.24, 2.45) is 17.8 Å². The number of ether oxygens (including phenoxy) is 2. The first kappa shape index (κ1) is 49.6. The highest BCUT2D eigenvalue weighted by molar-refractivity contribution is 7.47. The molecule has 0 heterocycles. The molecule has 6 N–H and O–H groups in total. The number of aliphatic hydroxyl groups is 5. The average molecular weight is 781 g/mol. The maximum Gasteiger partial charge on any atom is 0.472 e. The van der Waals surface area contributed by atoms with Crippen molar-refractivity contribution in [3.8, 4) is 0 Å². The van der Waals surface area contributed by atoms with Crippen molar-refractivity contribution in [1.29, 1.82) is 0 Å². The van der Waals surface area contributed by atoms with Gasteiger partial charge in [0.2, 0.25) is 0 Å². The Bertz CT molecular complexity index is 1030. The first-order valence-electron chi connectivity index (χ1n) is 20.3. The largest absolute Gasteiger partial charge is 0.472 e. The molecule has 0 spiro atoms. The Kier molecular flexibility index (Phi) is 27.9. The molecule has 0 bridgehead atoms. The van der Waals surface area contributed by atoms with Gasteiger partial charge in [0.15, 0.2) is 6.10 Å². The van der Waals surface area contributed by atoms with Crippen LogP contribution in [0.5, 0.6) is 0 Å². The molecule has 53 heavy (non-hydrogen) atoms. The van der Waals surface area contributed by atoms with Crippen LogP contribution in [0.2, 0.25) is 0 Å². The minimum absolute atomic E-state index is 0.0595. The van der Waals surface area contributed by atoms with Gasteiger partial charge < -0.3 is 39.9 Å². The lowest BCUT2D eigenvalue weighted by Gasteiger charge is -2.21. The van der Waals surface area contributed by atoms with E-state index in [1.807, 2.05) is 6.08 Å². The van der Waals surface area contributed by atoms with Crippen LogP contribution in [0.1, 0.15) is 149 Å². The van der Waals surface area contributed by atoms with E-state index < -0.39 is 70.1 Å². The summed E-state index contributed by atoms with van der Waals surface area (Å²) >= 11 is 0. The van der Waals surface area contributed by atoms with Gasteiger partial charge in [0.1, 0.15) is 12.7 Å². The molecule has 1 rings (SSSR count). The number of rotatable bonds is 33. The lowest BCUT2D eigenvalue weighted by Crippen LogP contribution is -2.29. The van der Waals surface area contributed by atoms with Crippen molar-refractivity contribution in [2.75, 3.05) is 26.4 Å². The molecule has 0 saturated heterocycles. The Morgan fingerprint density at radius 3 is 2.00 bits per heavy atom. The number of aliphatic hydroxyl groups excluding tert-OH is 5. The van der Waals surface area contributed by atoms with Crippen LogP contribution in [-0.4, -0.2) is 99.3 Å². The number of hydrogen-bond acceptors (Lipinski definition) is 12. The highest BCUT2D eigenvalue weighted by Crippen LogP contribution is 2.43. The molecule has 1 fully saturated rings. The third kappa shape index (κ3) is 25.4. The summed E-state index contributed by atoms with van der Waals surface area (Å²) in [5.41, 5.74) is 0. The van der Waals surface area contributed by atoms with Crippen LogP contribution >= 0.6 is 7.82 Å². The number of unbranched alkanes of at least 4 members (excludes halogenated alkanes) is 11. The van der Waals surface area contributed by atoms with Gasteiger partial charge in [-0.1, -0.05) is 116 Å². The fraction of sp³-hybridized carbons (Fsp3) is 0.897. The number of carbonyl (C=O) groups is 2. The highest BCUT2D eigenvalue weighted by atomic mass is 31.2. The molecule has 1 aliphatic rings. The lowest BCUT2D eigenvalue weighted by molar-refractivity contribution is -0.161. The van der Waals surface area contributed by atoms with E-state index in [1.165, 1.54) is 25.7 Å². The van der Waals surface area contributed by atoms with Crippen molar-refractivity contribution in [3.63, 3.8) is 0 Å². The molecule has 14 heteroatoms. The second-order valence-electron chi connectivity index (χ2n) is 15.1. The Balaban J connectivity index is 2.50. The van der Waals surface area contributed by atoms with Gasteiger partial charge in [-0.2, -0.15) is 0 Å². The zero-order chi connectivity index (χ0) is 39.5. The van der Waals surface area contributed by atoms with Crippen LogP contribution in [0.25, 0.3) is 0 Å². The predicted molar refractivity (Wildman–Crippen MR) is 203 cm³/mol. The van der Waals surface area contributed by atoms with Gasteiger partial charge >= 0.3 is 19.8 Å². The average Bonchev–Trinajstić information content (AvgIpc) is 3.38. The summed E-state index contributed by atoms with van der Waals surface area (Å²) in [5, 5.41) is 49.6. The quantitative estimate of drug-likeness (QED) is 0.0187. The van der Waals surface area contributed by atoms with Crippen molar-refractivity contribution in [3.05, 3.63) is 12.2 Å². The molecule has 1 saturated carbocycles. The minimum Gasteiger partial charge on any atom is -0.462 e. The third-order valence-electron chi connectivity index (χ3n) is 9.70. The van der Waals surface area contributed by atoms with Gasteiger partial charge in [0, 0.05) is 25.2 Å². The maximum atomic E-state index is 12.7. The number of hydrogen-bond donors (Lipinski definition) is 6. The van der Waals surface area contributed by atoms with Crippen molar-refractivity contribution >= 4 is 19.8 Å². The summed E-state index contributed by atoms with van der Waals surface area (Å²) in [4.78, 5) is 35.0.